The molecule has 0 bridgehead atoms. The second kappa shape index (κ2) is 4.79. The maximum absolute atomic E-state index is 5.40. The topological polar surface area (TPSA) is 9.23 Å². The Bertz CT molecular complexity index is 220. The van der Waals surface area contributed by atoms with Crippen LogP contribution in [0.5, 0.6) is 0 Å². The Balaban J connectivity index is 2.45. The lowest BCUT2D eigenvalue weighted by Gasteiger charge is -2.18. The molecule has 1 unspecified atom stereocenters. The fourth-order valence-electron chi connectivity index (χ4n) is 1.37. The van der Waals surface area contributed by atoms with Gasteiger partial charge in [0.2, 0.25) is 0 Å². The Morgan fingerprint density at radius 1 is 1.83 bits per heavy atom. The average Bonchev–Trinajstić information content (AvgIpc) is 2.15. The van der Waals surface area contributed by atoms with Crippen LogP contribution in [0.2, 0.25) is 0 Å². The van der Waals surface area contributed by atoms with Gasteiger partial charge in [-0.2, -0.15) is 0 Å². The summed E-state index contributed by atoms with van der Waals surface area (Å²) in [6.07, 6.45) is 12.7. The van der Waals surface area contributed by atoms with Gasteiger partial charge in [-0.25, -0.2) is 0 Å². The molecule has 64 valence electrons. The quantitative estimate of drug-likeness (QED) is 0.578. The third kappa shape index (κ3) is 2.56. The van der Waals surface area contributed by atoms with E-state index < -0.39 is 0 Å². The molecule has 0 aliphatic heterocycles. The van der Waals surface area contributed by atoms with Crippen LogP contribution in [0.4, 0.5) is 0 Å². The van der Waals surface area contributed by atoms with Crippen LogP contribution in [-0.2, 0) is 4.74 Å². The first-order chi connectivity index (χ1) is 5.86. The first-order valence-corrected chi connectivity index (χ1v) is 4.25. The zero-order chi connectivity index (χ0) is 8.81. The van der Waals surface area contributed by atoms with Gasteiger partial charge in [-0.05, 0) is 19.3 Å². The van der Waals surface area contributed by atoms with Gasteiger partial charge in [-0.15, -0.1) is 6.42 Å². The Morgan fingerprint density at radius 3 is 3.33 bits per heavy atom. The molecular formula is C11H14O. The van der Waals surface area contributed by atoms with Gasteiger partial charge >= 0.3 is 0 Å². The number of terminal acetylenes is 1. The third-order valence-corrected chi connectivity index (χ3v) is 2.00. The summed E-state index contributed by atoms with van der Waals surface area (Å²) in [5, 5.41) is 0. The van der Waals surface area contributed by atoms with Crippen molar-refractivity contribution in [3.8, 4) is 12.3 Å². The largest absolute Gasteiger partial charge is 0.361 e. The molecule has 0 fully saturated rings. The minimum absolute atomic E-state index is 0.211. The van der Waals surface area contributed by atoms with E-state index in [4.69, 9.17) is 11.2 Å². The summed E-state index contributed by atoms with van der Waals surface area (Å²) in [7, 11) is 0. The van der Waals surface area contributed by atoms with E-state index in [1.54, 1.807) is 0 Å². The molecule has 1 aliphatic rings. The van der Waals surface area contributed by atoms with Gasteiger partial charge in [0.15, 0.2) is 0 Å². The Labute approximate surface area is 74.1 Å². The number of ether oxygens (including phenoxy) is 1. The second-order valence-corrected chi connectivity index (χ2v) is 2.89. The van der Waals surface area contributed by atoms with Gasteiger partial charge in [0, 0.05) is 0 Å². The van der Waals surface area contributed by atoms with Crippen molar-refractivity contribution in [1.82, 2.24) is 0 Å². The molecule has 0 heterocycles. The lowest BCUT2D eigenvalue weighted by molar-refractivity contribution is 0.101. The van der Waals surface area contributed by atoms with E-state index in [1.165, 1.54) is 12.0 Å². The van der Waals surface area contributed by atoms with Crippen molar-refractivity contribution >= 4 is 0 Å². The van der Waals surface area contributed by atoms with E-state index in [0.29, 0.717) is 6.61 Å². The Morgan fingerprint density at radius 2 is 2.67 bits per heavy atom. The summed E-state index contributed by atoms with van der Waals surface area (Å²) in [5.74, 6) is 2.47. The molecule has 1 rings (SSSR count). The lowest BCUT2D eigenvalue weighted by Crippen LogP contribution is -2.14. The zero-order valence-electron chi connectivity index (χ0n) is 7.25. The highest BCUT2D eigenvalue weighted by Gasteiger charge is 2.11. The molecule has 0 saturated heterocycles. The van der Waals surface area contributed by atoms with Gasteiger partial charge in [0.25, 0.3) is 0 Å². The van der Waals surface area contributed by atoms with Crippen LogP contribution in [0, 0.1) is 12.3 Å². The molecule has 0 amide bonds. The van der Waals surface area contributed by atoms with E-state index in [0.717, 1.165) is 12.8 Å². The van der Waals surface area contributed by atoms with Crippen molar-refractivity contribution in [3.05, 3.63) is 24.3 Å². The smallest absolute Gasteiger partial charge is 0.108 e. The molecule has 0 aromatic heterocycles. The van der Waals surface area contributed by atoms with Crippen molar-refractivity contribution in [2.45, 2.75) is 25.4 Å². The van der Waals surface area contributed by atoms with Crippen LogP contribution in [0.1, 0.15) is 19.3 Å². The van der Waals surface area contributed by atoms with E-state index in [1.807, 2.05) is 6.08 Å². The molecule has 0 saturated carbocycles. The van der Waals surface area contributed by atoms with E-state index in [2.05, 4.69) is 18.6 Å². The SMILES string of the molecule is C#CCOC1C=C(C=C)CCC1. The first kappa shape index (κ1) is 9.09. The van der Waals surface area contributed by atoms with Crippen LogP contribution in [0.25, 0.3) is 0 Å². The molecule has 1 atom stereocenters. The van der Waals surface area contributed by atoms with Crippen molar-refractivity contribution in [1.29, 1.82) is 0 Å². The van der Waals surface area contributed by atoms with Crippen LogP contribution >= 0.6 is 0 Å². The van der Waals surface area contributed by atoms with Crippen molar-refractivity contribution in [3.63, 3.8) is 0 Å². The summed E-state index contributed by atoms with van der Waals surface area (Å²) < 4.78 is 5.40. The van der Waals surface area contributed by atoms with Crippen LogP contribution in [0.15, 0.2) is 24.3 Å². The highest BCUT2D eigenvalue weighted by atomic mass is 16.5. The maximum atomic E-state index is 5.40. The zero-order valence-corrected chi connectivity index (χ0v) is 7.25. The minimum atomic E-state index is 0.211. The summed E-state index contributed by atoms with van der Waals surface area (Å²) in [6.45, 7) is 4.14. The fraction of sp³-hybridized carbons (Fsp3) is 0.455. The highest BCUT2D eigenvalue weighted by molar-refractivity contribution is 5.20. The molecule has 1 heteroatoms. The summed E-state index contributed by atoms with van der Waals surface area (Å²) in [5.41, 5.74) is 1.28. The monoisotopic (exact) mass is 162 g/mol. The summed E-state index contributed by atoms with van der Waals surface area (Å²) in [6, 6.07) is 0. The van der Waals surface area contributed by atoms with Crippen LogP contribution < -0.4 is 0 Å². The van der Waals surface area contributed by atoms with Crippen molar-refractivity contribution < 1.29 is 4.74 Å². The van der Waals surface area contributed by atoms with Crippen molar-refractivity contribution in [2.24, 2.45) is 0 Å². The van der Waals surface area contributed by atoms with E-state index >= 15 is 0 Å². The van der Waals surface area contributed by atoms with Crippen molar-refractivity contribution in [2.75, 3.05) is 6.61 Å². The number of allylic oxidation sites excluding steroid dienone is 2. The van der Waals surface area contributed by atoms with E-state index in [9.17, 15) is 0 Å². The van der Waals surface area contributed by atoms with Gasteiger partial charge in [-0.1, -0.05) is 30.2 Å². The molecule has 1 aliphatic carbocycles. The molecule has 0 aromatic rings. The van der Waals surface area contributed by atoms with Gasteiger partial charge in [0.05, 0.1) is 6.10 Å². The Kier molecular flexibility index (Phi) is 3.63. The molecular weight excluding hydrogens is 148 g/mol. The van der Waals surface area contributed by atoms with E-state index in [-0.39, 0.29) is 6.10 Å². The maximum Gasteiger partial charge on any atom is 0.108 e. The van der Waals surface area contributed by atoms with Gasteiger partial charge in [0.1, 0.15) is 6.61 Å². The summed E-state index contributed by atoms with van der Waals surface area (Å²) in [4.78, 5) is 0. The Hall–Kier alpha value is -1.00. The average molecular weight is 162 g/mol. The summed E-state index contributed by atoms with van der Waals surface area (Å²) >= 11 is 0. The normalized spacial score (nSPS) is 22.6. The number of hydrogen-bond acceptors (Lipinski definition) is 1. The highest BCUT2D eigenvalue weighted by Crippen LogP contribution is 2.20. The lowest BCUT2D eigenvalue weighted by atomic mass is 9.97. The number of hydrogen-bond donors (Lipinski definition) is 0. The molecule has 0 N–H and O–H groups in total. The second-order valence-electron chi connectivity index (χ2n) is 2.89. The minimum Gasteiger partial charge on any atom is -0.361 e. The molecule has 0 radical (unpaired) electrons. The third-order valence-electron chi connectivity index (χ3n) is 2.00. The molecule has 12 heavy (non-hydrogen) atoms. The standard InChI is InChI=1S/C11H14O/c1-3-8-12-11-7-5-6-10(4-2)9-11/h1,4,9,11H,2,5-8H2. The first-order valence-electron chi connectivity index (χ1n) is 4.25. The van der Waals surface area contributed by atoms with Crippen LogP contribution in [-0.4, -0.2) is 12.7 Å². The predicted octanol–water partition coefficient (Wildman–Crippen LogP) is 2.30. The molecule has 1 nitrogen and oxygen atoms in total. The van der Waals surface area contributed by atoms with Gasteiger partial charge in [-0.3, -0.25) is 0 Å². The van der Waals surface area contributed by atoms with Crippen LogP contribution in [0.3, 0.4) is 0 Å². The fourth-order valence-corrected chi connectivity index (χ4v) is 1.37. The number of rotatable bonds is 3. The molecule has 0 aromatic carbocycles. The predicted molar refractivity (Wildman–Crippen MR) is 50.7 cm³/mol. The van der Waals surface area contributed by atoms with Gasteiger partial charge < -0.3 is 4.74 Å². The molecule has 0 spiro atoms.